The third-order valence-corrected chi connectivity index (χ3v) is 13.5. The first-order valence-electron chi connectivity index (χ1n) is 23.5. The maximum Gasteiger partial charge on any atom is 0.182 e. The van der Waals surface area contributed by atoms with Crippen LogP contribution in [0.1, 0.15) is 0 Å². The molecule has 0 amide bonds. The van der Waals surface area contributed by atoms with E-state index in [9.17, 15) is 17.6 Å². The van der Waals surface area contributed by atoms with Crippen molar-refractivity contribution in [3.05, 3.63) is 265 Å². The van der Waals surface area contributed by atoms with Gasteiger partial charge in [-0.2, -0.15) is 0 Å². The highest BCUT2D eigenvalue weighted by Gasteiger charge is 2.27. The van der Waals surface area contributed by atoms with Gasteiger partial charge in [-0.3, -0.25) is 0 Å². The second-order valence-electron chi connectivity index (χ2n) is 18.0. The van der Waals surface area contributed by atoms with E-state index in [-0.39, 0.29) is 11.4 Å². The van der Waals surface area contributed by atoms with Gasteiger partial charge in [0.2, 0.25) is 0 Å². The van der Waals surface area contributed by atoms with E-state index >= 15 is 17.6 Å². The summed E-state index contributed by atoms with van der Waals surface area (Å²) in [4.78, 5) is 3.25. The van der Waals surface area contributed by atoms with Crippen LogP contribution in [0.5, 0.6) is 0 Å². The molecule has 0 saturated carbocycles. The van der Waals surface area contributed by atoms with Gasteiger partial charge in [0.15, 0.2) is 23.3 Å². The van der Waals surface area contributed by atoms with Gasteiger partial charge in [-0.1, -0.05) is 97.1 Å². The molecule has 358 valence electrons. The van der Waals surface area contributed by atoms with Crippen LogP contribution in [-0.2, 0) is 0 Å². The van der Waals surface area contributed by atoms with Crippen molar-refractivity contribution in [2.75, 3.05) is 9.80 Å². The minimum atomic E-state index is -1.12. The second kappa shape index (κ2) is 18.4. The van der Waals surface area contributed by atoms with Gasteiger partial charge in [-0.05, 0) is 187 Å². The van der Waals surface area contributed by atoms with Crippen LogP contribution in [0.3, 0.4) is 0 Å². The van der Waals surface area contributed by atoms with Crippen LogP contribution in [0.2, 0.25) is 0 Å². The zero-order valence-electron chi connectivity index (χ0n) is 38.7. The Morgan fingerprint density at radius 1 is 0.243 bits per heavy atom. The molecule has 0 heterocycles. The maximum atomic E-state index is 16.6. The molecule has 12 aromatic rings. The summed E-state index contributed by atoms with van der Waals surface area (Å²) in [6, 6.07) is 57.3. The Labute approximate surface area is 419 Å². The number of anilines is 6. The first kappa shape index (κ1) is 45.8. The lowest BCUT2D eigenvalue weighted by Gasteiger charge is -2.30. The Hall–Kier alpha value is -9.28. The molecule has 0 fully saturated rings. The Kier molecular flexibility index (Phi) is 11.4. The Bertz CT molecular complexity index is 3710. The van der Waals surface area contributed by atoms with Crippen molar-refractivity contribution in [2.45, 2.75) is 0 Å². The first-order chi connectivity index (χ1) is 35.9. The molecule has 12 aromatic carbocycles. The average molecular weight is 985 g/mol. The molecular weight excluding hydrogens is 949 g/mol. The summed E-state index contributed by atoms with van der Waals surface area (Å²) in [6.07, 6.45) is 0. The molecule has 0 radical (unpaired) electrons. The highest BCUT2D eigenvalue weighted by Crippen LogP contribution is 2.50. The SMILES string of the molecule is Fc1ccc(-c2cc(-c3ccc(F)cc3)cc(N(c3cccc(F)c3F)c3ccc4ccc5c(N(c6cc(-c7ccc(F)cc7)cc(-c7ccc(F)cc7)c6)c6cccc(F)c6F)ccc6ccc3c4c65)c2)cc1. The summed E-state index contributed by atoms with van der Waals surface area (Å²) in [7, 11) is 0. The predicted octanol–water partition coefficient (Wildman–Crippen LogP) is 19.3. The highest BCUT2D eigenvalue weighted by atomic mass is 19.2. The van der Waals surface area contributed by atoms with Crippen LogP contribution >= 0.6 is 0 Å². The van der Waals surface area contributed by atoms with Crippen LogP contribution in [0.25, 0.3) is 76.8 Å². The van der Waals surface area contributed by atoms with Gasteiger partial charge in [0.05, 0.1) is 22.7 Å². The molecule has 0 bridgehead atoms. The topological polar surface area (TPSA) is 6.48 Å². The molecule has 0 aromatic heterocycles. The maximum absolute atomic E-state index is 16.6. The van der Waals surface area contributed by atoms with Crippen molar-refractivity contribution < 1.29 is 35.1 Å². The molecular formula is C64H36F8N2. The summed E-state index contributed by atoms with van der Waals surface area (Å²) in [5.74, 6) is -6.18. The summed E-state index contributed by atoms with van der Waals surface area (Å²) in [5, 5.41) is 4.26. The fraction of sp³-hybridized carbons (Fsp3) is 0. The summed E-state index contributed by atoms with van der Waals surface area (Å²) >= 11 is 0. The fourth-order valence-electron chi connectivity index (χ4n) is 10.0. The molecule has 10 heteroatoms. The monoisotopic (exact) mass is 984 g/mol. The van der Waals surface area contributed by atoms with Crippen LogP contribution in [0.4, 0.5) is 69.2 Å². The molecule has 0 aliphatic carbocycles. The van der Waals surface area contributed by atoms with Crippen molar-refractivity contribution >= 4 is 66.4 Å². The van der Waals surface area contributed by atoms with Crippen molar-refractivity contribution in [3.8, 4) is 44.5 Å². The summed E-state index contributed by atoms with van der Waals surface area (Å²) in [6.45, 7) is 0. The van der Waals surface area contributed by atoms with Crippen LogP contribution in [0, 0.1) is 46.5 Å². The van der Waals surface area contributed by atoms with E-state index in [0.29, 0.717) is 78.0 Å². The number of nitrogens with zero attached hydrogens (tertiary/aromatic N) is 2. The summed E-state index contributed by atoms with van der Waals surface area (Å²) < 4.78 is 122. The van der Waals surface area contributed by atoms with Gasteiger partial charge in [-0.15, -0.1) is 0 Å². The van der Waals surface area contributed by atoms with Crippen LogP contribution in [-0.4, -0.2) is 0 Å². The van der Waals surface area contributed by atoms with Gasteiger partial charge in [0.1, 0.15) is 23.3 Å². The van der Waals surface area contributed by atoms with Crippen molar-refractivity contribution in [2.24, 2.45) is 0 Å². The van der Waals surface area contributed by atoms with Gasteiger partial charge in [0, 0.05) is 22.1 Å². The van der Waals surface area contributed by atoms with Gasteiger partial charge < -0.3 is 9.80 Å². The van der Waals surface area contributed by atoms with E-state index in [2.05, 4.69) is 0 Å². The third kappa shape index (κ3) is 8.20. The zero-order valence-corrected chi connectivity index (χ0v) is 38.7. The number of halogens is 8. The zero-order chi connectivity index (χ0) is 50.8. The smallest absolute Gasteiger partial charge is 0.182 e. The Morgan fingerprint density at radius 3 is 0.851 bits per heavy atom. The fourth-order valence-corrected chi connectivity index (χ4v) is 10.0. The molecule has 0 unspecified atom stereocenters. The molecule has 0 N–H and O–H groups in total. The Morgan fingerprint density at radius 2 is 0.541 bits per heavy atom. The number of hydrogen-bond donors (Lipinski definition) is 0. The lowest BCUT2D eigenvalue weighted by Crippen LogP contribution is -2.14. The van der Waals surface area contributed by atoms with E-state index < -0.39 is 46.5 Å². The van der Waals surface area contributed by atoms with Crippen molar-refractivity contribution in [1.29, 1.82) is 0 Å². The number of benzene rings is 12. The minimum Gasteiger partial charge on any atom is -0.307 e. The second-order valence-corrected chi connectivity index (χ2v) is 18.0. The van der Waals surface area contributed by atoms with Crippen LogP contribution < -0.4 is 9.80 Å². The minimum absolute atomic E-state index is 0.118. The normalized spacial score (nSPS) is 11.5. The molecule has 0 saturated heterocycles. The highest BCUT2D eigenvalue weighted by molar-refractivity contribution is 6.28. The number of rotatable bonds is 10. The largest absolute Gasteiger partial charge is 0.307 e. The molecule has 0 aliphatic rings. The quantitative estimate of drug-likeness (QED) is 0.0995. The average Bonchev–Trinajstić information content (AvgIpc) is 3.44. The lowest BCUT2D eigenvalue weighted by molar-refractivity contribution is 0.510. The molecule has 2 nitrogen and oxygen atoms in total. The van der Waals surface area contributed by atoms with E-state index in [4.69, 9.17) is 0 Å². The lowest BCUT2D eigenvalue weighted by atomic mass is 9.91. The van der Waals surface area contributed by atoms with E-state index in [1.165, 1.54) is 72.8 Å². The molecule has 0 aliphatic heterocycles. The summed E-state index contributed by atoms with van der Waals surface area (Å²) in [5.41, 5.74) is 6.44. The molecule has 74 heavy (non-hydrogen) atoms. The third-order valence-electron chi connectivity index (χ3n) is 13.5. The van der Waals surface area contributed by atoms with Crippen molar-refractivity contribution in [1.82, 2.24) is 0 Å². The van der Waals surface area contributed by atoms with Crippen molar-refractivity contribution in [3.63, 3.8) is 0 Å². The molecule has 12 rings (SSSR count). The standard InChI is InChI=1S/C64H36F8N2/c65-47-19-7-37(8-20-47)43-31-44(38-9-21-48(66)22-10-38)34-51(33-43)73(59-5-1-3-55(69)63(59)71)57-29-17-41-16-28-54-58(30-18-42-15-27-53(57)61(41)62(42)54)74(60-6-2-4-56(70)64(60)72)52-35-45(39-11-23-49(67)24-12-39)32-46(36-52)40-13-25-50(68)26-14-40/h1-36H. The predicted molar refractivity (Wildman–Crippen MR) is 281 cm³/mol. The number of hydrogen-bond acceptors (Lipinski definition) is 2. The van der Waals surface area contributed by atoms with Gasteiger partial charge in [-0.25, -0.2) is 35.1 Å². The van der Waals surface area contributed by atoms with E-state index in [1.54, 1.807) is 82.6 Å². The molecule has 0 spiro atoms. The van der Waals surface area contributed by atoms with E-state index in [0.717, 1.165) is 33.7 Å². The van der Waals surface area contributed by atoms with Gasteiger partial charge in [0.25, 0.3) is 0 Å². The van der Waals surface area contributed by atoms with E-state index in [1.807, 2.05) is 60.7 Å². The molecule has 0 atom stereocenters. The van der Waals surface area contributed by atoms with Gasteiger partial charge >= 0.3 is 0 Å². The van der Waals surface area contributed by atoms with Crippen LogP contribution in [0.15, 0.2) is 218 Å². The first-order valence-corrected chi connectivity index (χ1v) is 23.5. The Balaban J connectivity index is 1.12.